The summed E-state index contributed by atoms with van der Waals surface area (Å²) in [5, 5.41) is 23.6. The van der Waals surface area contributed by atoms with Gasteiger partial charge in [-0.05, 0) is 50.0 Å². The minimum atomic E-state index is -0.445. The van der Waals surface area contributed by atoms with Gasteiger partial charge in [-0.3, -0.25) is 15.5 Å². The highest BCUT2D eigenvalue weighted by atomic mass is 32.2. The lowest BCUT2D eigenvalue weighted by Gasteiger charge is -2.22. The molecule has 3 N–H and O–H groups in total. The second-order valence-corrected chi connectivity index (χ2v) is 8.86. The number of nitrogens with one attached hydrogen (secondary N) is 3. The van der Waals surface area contributed by atoms with E-state index in [1.807, 2.05) is 4.57 Å². The molecule has 4 heterocycles. The molecule has 0 spiro atoms. The summed E-state index contributed by atoms with van der Waals surface area (Å²) in [4.78, 5) is 23.5. The maximum Gasteiger partial charge on any atom is 0.287 e. The third kappa shape index (κ3) is 4.15. The molecule has 11 nitrogen and oxygen atoms in total. The second-order valence-electron chi connectivity index (χ2n) is 7.83. The topological polar surface area (TPSA) is 144 Å². The molecule has 0 saturated carbocycles. The van der Waals surface area contributed by atoms with Crippen LogP contribution in [0.4, 0.5) is 5.69 Å². The van der Waals surface area contributed by atoms with Gasteiger partial charge in [0.2, 0.25) is 0 Å². The highest BCUT2D eigenvalue weighted by molar-refractivity contribution is 7.99. The van der Waals surface area contributed by atoms with Gasteiger partial charge in [0.25, 0.3) is 5.69 Å². The van der Waals surface area contributed by atoms with Crippen molar-refractivity contribution >= 4 is 28.6 Å². The van der Waals surface area contributed by atoms with E-state index in [2.05, 4.69) is 20.3 Å². The fourth-order valence-corrected chi connectivity index (χ4v) is 4.95. The van der Waals surface area contributed by atoms with Gasteiger partial charge in [-0.25, -0.2) is 9.97 Å². The first-order chi connectivity index (χ1) is 15.6. The first-order valence-corrected chi connectivity index (χ1v) is 11.4. The molecule has 0 unspecified atom stereocenters. The normalized spacial score (nSPS) is 16.4. The molecule has 12 heteroatoms. The molecule has 0 radical (unpaired) electrons. The predicted molar refractivity (Wildman–Crippen MR) is 116 cm³/mol. The number of aromatic nitrogens is 4. The average molecular weight is 458 g/mol. The number of piperidine rings is 1. The smallest absolute Gasteiger partial charge is 0.287 e. The number of nitro benzene ring substituents is 1. The molecule has 168 valence electrons. The summed E-state index contributed by atoms with van der Waals surface area (Å²) in [5.41, 5.74) is 1.15. The van der Waals surface area contributed by atoms with Crippen LogP contribution in [0.25, 0.3) is 11.2 Å². The average Bonchev–Trinajstić information content (AvgIpc) is 3.23. The van der Waals surface area contributed by atoms with Crippen molar-refractivity contribution in [2.45, 2.75) is 35.9 Å². The van der Waals surface area contributed by atoms with Crippen molar-refractivity contribution in [3.8, 4) is 11.5 Å². The molecule has 1 aromatic carbocycles. The Morgan fingerprint density at radius 1 is 1.25 bits per heavy atom. The molecule has 0 aliphatic carbocycles. The molecule has 1 saturated heterocycles. The zero-order valence-electron chi connectivity index (χ0n) is 17.3. The summed E-state index contributed by atoms with van der Waals surface area (Å²) >= 11 is 1.13. The van der Waals surface area contributed by atoms with Crippen molar-refractivity contribution < 1.29 is 14.4 Å². The van der Waals surface area contributed by atoms with E-state index in [1.165, 1.54) is 6.07 Å². The third-order valence-electron chi connectivity index (χ3n) is 5.76. The standard InChI is InChI=1S/C20H23N7O4S/c21-18-17-19(26(11-23-18)6-3-12-1-4-22-5-2-12)25-20(24-17)32-16-10-15-14(30-7-8-31-15)9-13(16)27(28)29/h9-12,21-22H,1-8H2,(H,24,25). The number of nitrogens with zero attached hydrogens (tertiary/aromatic N) is 4. The quantitative estimate of drug-likeness (QED) is 0.378. The van der Waals surface area contributed by atoms with Crippen molar-refractivity contribution in [1.82, 2.24) is 24.8 Å². The van der Waals surface area contributed by atoms with E-state index in [-0.39, 0.29) is 11.2 Å². The van der Waals surface area contributed by atoms with Gasteiger partial charge in [-0.1, -0.05) is 0 Å². The summed E-state index contributed by atoms with van der Waals surface area (Å²) < 4.78 is 13.0. The van der Waals surface area contributed by atoms with Gasteiger partial charge in [0.05, 0.1) is 22.2 Å². The number of aryl methyl sites for hydroxylation is 1. The van der Waals surface area contributed by atoms with Crippen LogP contribution in [0, 0.1) is 21.4 Å². The molecule has 2 aliphatic heterocycles. The van der Waals surface area contributed by atoms with Crippen LogP contribution in [0.5, 0.6) is 11.5 Å². The number of aromatic amines is 1. The van der Waals surface area contributed by atoms with Gasteiger partial charge in [0.1, 0.15) is 18.7 Å². The predicted octanol–water partition coefficient (Wildman–Crippen LogP) is 2.46. The van der Waals surface area contributed by atoms with Crippen LogP contribution in [-0.4, -0.2) is 50.7 Å². The van der Waals surface area contributed by atoms with Crippen LogP contribution in [0.1, 0.15) is 19.3 Å². The molecule has 2 aromatic heterocycles. The molecule has 2 aliphatic rings. The van der Waals surface area contributed by atoms with Gasteiger partial charge in [-0.15, -0.1) is 0 Å². The van der Waals surface area contributed by atoms with E-state index in [0.717, 1.165) is 50.7 Å². The largest absolute Gasteiger partial charge is 0.486 e. The fraction of sp³-hybridized carbons (Fsp3) is 0.450. The van der Waals surface area contributed by atoms with E-state index in [4.69, 9.17) is 14.9 Å². The minimum absolute atomic E-state index is 0.0808. The number of H-pyrrole nitrogens is 1. The number of nitro groups is 1. The van der Waals surface area contributed by atoms with Crippen molar-refractivity contribution in [1.29, 1.82) is 5.41 Å². The lowest BCUT2D eigenvalue weighted by atomic mass is 9.95. The Morgan fingerprint density at radius 2 is 2.00 bits per heavy atom. The molecule has 0 amide bonds. The van der Waals surface area contributed by atoms with Gasteiger partial charge in [0, 0.05) is 12.6 Å². The zero-order valence-corrected chi connectivity index (χ0v) is 18.1. The lowest BCUT2D eigenvalue weighted by molar-refractivity contribution is -0.387. The first kappa shape index (κ1) is 20.8. The van der Waals surface area contributed by atoms with Crippen LogP contribution < -0.4 is 20.3 Å². The Kier molecular flexibility index (Phi) is 5.70. The van der Waals surface area contributed by atoms with E-state index in [9.17, 15) is 10.1 Å². The monoisotopic (exact) mass is 457 g/mol. The minimum Gasteiger partial charge on any atom is -0.486 e. The van der Waals surface area contributed by atoms with E-state index in [1.54, 1.807) is 12.4 Å². The number of fused-ring (bicyclic) bond motifs is 2. The van der Waals surface area contributed by atoms with E-state index in [0.29, 0.717) is 51.8 Å². The number of ether oxygens (including phenoxy) is 2. The van der Waals surface area contributed by atoms with Gasteiger partial charge < -0.3 is 24.3 Å². The summed E-state index contributed by atoms with van der Waals surface area (Å²) in [5.74, 6) is 1.49. The van der Waals surface area contributed by atoms with E-state index < -0.39 is 4.92 Å². The van der Waals surface area contributed by atoms with Gasteiger partial charge in [-0.2, -0.15) is 0 Å². The lowest BCUT2D eigenvalue weighted by Crippen LogP contribution is -2.28. The van der Waals surface area contributed by atoms with Crippen LogP contribution in [0.15, 0.2) is 28.5 Å². The Morgan fingerprint density at radius 3 is 2.75 bits per heavy atom. The van der Waals surface area contributed by atoms with Gasteiger partial charge >= 0.3 is 0 Å². The molecule has 3 aromatic rings. The molecule has 32 heavy (non-hydrogen) atoms. The second kappa shape index (κ2) is 8.79. The number of benzene rings is 1. The molecular weight excluding hydrogens is 434 g/mol. The van der Waals surface area contributed by atoms with Crippen molar-refractivity contribution in [3.05, 3.63) is 34.1 Å². The Balaban J connectivity index is 1.44. The van der Waals surface area contributed by atoms with Crippen LogP contribution in [-0.2, 0) is 6.54 Å². The Hall–Kier alpha value is -3.12. The van der Waals surface area contributed by atoms with Crippen molar-refractivity contribution in [2.75, 3.05) is 26.3 Å². The number of hydrogen-bond donors (Lipinski definition) is 3. The first-order valence-electron chi connectivity index (χ1n) is 10.5. The molecule has 5 rings (SSSR count). The Labute approximate surface area is 187 Å². The Bertz CT molecular complexity index is 1220. The summed E-state index contributed by atoms with van der Waals surface area (Å²) in [6.07, 6.45) is 4.98. The van der Waals surface area contributed by atoms with Crippen LogP contribution in [0.3, 0.4) is 0 Å². The van der Waals surface area contributed by atoms with Gasteiger partial charge in [0.15, 0.2) is 27.8 Å². The molecular formula is C20H23N7O4S. The summed E-state index contributed by atoms with van der Waals surface area (Å²) in [6, 6.07) is 2.99. The molecule has 0 bridgehead atoms. The van der Waals surface area contributed by atoms with Crippen molar-refractivity contribution in [2.24, 2.45) is 5.92 Å². The molecule has 1 fully saturated rings. The van der Waals surface area contributed by atoms with Crippen LogP contribution >= 0.6 is 11.8 Å². The fourth-order valence-electron chi connectivity index (χ4n) is 4.05. The molecule has 0 atom stereocenters. The zero-order chi connectivity index (χ0) is 22.1. The summed E-state index contributed by atoms with van der Waals surface area (Å²) in [7, 11) is 0. The highest BCUT2D eigenvalue weighted by Gasteiger charge is 2.24. The maximum absolute atomic E-state index is 11.6. The number of hydrogen-bond acceptors (Lipinski definition) is 9. The van der Waals surface area contributed by atoms with Crippen LogP contribution in [0.2, 0.25) is 0 Å². The SMILES string of the molecule is N=c1ncn(CCC2CCNCC2)c2nc(Sc3cc4c(cc3[N+](=O)[O-])OCCO4)[nH]c12. The maximum atomic E-state index is 11.6. The van der Waals surface area contributed by atoms with Crippen molar-refractivity contribution in [3.63, 3.8) is 0 Å². The third-order valence-corrected chi connectivity index (χ3v) is 6.70. The summed E-state index contributed by atoms with van der Waals surface area (Å²) in [6.45, 7) is 3.60. The number of rotatable bonds is 6. The number of imidazole rings is 1. The highest BCUT2D eigenvalue weighted by Crippen LogP contribution is 2.42. The van der Waals surface area contributed by atoms with E-state index >= 15 is 0 Å².